The molecule has 0 radical (unpaired) electrons. The van der Waals surface area contributed by atoms with Crippen molar-refractivity contribution in [2.24, 2.45) is 5.92 Å². The zero-order valence-electron chi connectivity index (χ0n) is 13.1. The Hall–Kier alpha value is -1.62. The Labute approximate surface area is 130 Å². The molecule has 0 bridgehead atoms. The molecule has 0 saturated carbocycles. The number of phenols is 1. The molecule has 5 heteroatoms. The number of hydrogen-bond acceptors (Lipinski definition) is 3. The van der Waals surface area contributed by atoms with Crippen LogP contribution in [0.15, 0.2) is 18.2 Å². The fraction of sp³-hybridized carbons (Fsp3) is 0.588. The lowest BCUT2D eigenvalue weighted by Gasteiger charge is -2.33. The summed E-state index contributed by atoms with van der Waals surface area (Å²) in [6.07, 6.45) is 4.45. The first-order chi connectivity index (χ1) is 10.6. The highest BCUT2D eigenvalue weighted by atomic mass is 19.1. The van der Waals surface area contributed by atoms with Crippen molar-refractivity contribution >= 4 is 5.91 Å². The minimum atomic E-state index is -0.679. The maximum atomic E-state index is 13.3. The molecular weight excluding hydrogens is 285 g/mol. The summed E-state index contributed by atoms with van der Waals surface area (Å²) in [7, 11) is 1.70. The summed E-state index contributed by atoms with van der Waals surface area (Å²) in [6, 6.07) is 4.12. The van der Waals surface area contributed by atoms with E-state index in [4.69, 9.17) is 4.74 Å². The molecule has 1 aliphatic heterocycles. The molecule has 122 valence electrons. The summed E-state index contributed by atoms with van der Waals surface area (Å²) in [5, 5.41) is 9.18. The molecule has 1 amide bonds. The number of hydrogen-bond donors (Lipinski definition) is 1. The Bertz CT molecular complexity index is 507. The van der Waals surface area contributed by atoms with Gasteiger partial charge < -0.3 is 14.7 Å². The van der Waals surface area contributed by atoms with Crippen molar-refractivity contribution in [2.75, 3.05) is 26.8 Å². The minimum Gasteiger partial charge on any atom is -0.505 e. The van der Waals surface area contributed by atoms with E-state index in [0.29, 0.717) is 11.5 Å². The molecule has 1 aromatic carbocycles. The minimum absolute atomic E-state index is 0.0292. The van der Waals surface area contributed by atoms with Gasteiger partial charge >= 0.3 is 0 Å². The summed E-state index contributed by atoms with van der Waals surface area (Å²) < 4.78 is 18.4. The quantitative estimate of drug-likeness (QED) is 0.822. The third-order valence-corrected chi connectivity index (χ3v) is 4.20. The third-order valence-electron chi connectivity index (χ3n) is 4.20. The van der Waals surface area contributed by atoms with Crippen molar-refractivity contribution < 1.29 is 19.0 Å². The van der Waals surface area contributed by atoms with E-state index < -0.39 is 5.82 Å². The van der Waals surface area contributed by atoms with Crippen molar-refractivity contribution in [1.82, 2.24) is 4.90 Å². The summed E-state index contributed by atoms with van der Waals surface area (Å²) in [5.41, 5.74) is 0.599. The SMILES string of the molecule is COCCCC1CCCN(C(=O)Cc2ccc(O)c(F)c2)C1. The molecule has 1 fully saturated rings. The van der Waals surface area contributed by atoms with Gasteiger partial charge in [-0.2, -0.15) is 0 Å². The highest BCUT2D eigenvalue weighted by Crippen LogP contribution is 2.22. The van der Waals surface area contributed by atoms with E-state index in [1.54, 1.807) is 13.2 Å². The second-order valence-electron chi connectivity index (χ2n) is 5.95. The zero-order valence-corrected chi connectivity index (χ0v) is 13.1. The highest BCUT2D eigenvalue weighted by molar-refractivity contribution is 5.78. The maximum absolute atomic E-state index is 13.3. The molecule has 1 saturated heterocycles. The molecule has 1 atom stereocenters. The lowest BCUT2D eigenvalue weighted by Crippen LogP contribution is -2.40. The predicted molar refractivity (Wildman–Crippen MR) is 82.2 cm³/mol. The fourth-order valence-electron chi connectivity index (χ4n) is 2.99. The molecule has 4 nitrogen and oxygen atoms in total. The molecule has 1 heterocycles. The van der Waals surface area contributed by atoms with E-state index in [1.165, 1.54) is 12.1 Å². The number of carbonyl (C=O) groups is 1. The van der Waals surface area contributed by atoms with Crippen LogP contribution in [0.2, 0.25) is 0 Å². The third kappa shape index (κ3) is 4.70. The van der Waals surface area contributed by atoms with Gasteiger partial charge in [-0.1, -0.05) is 6.07 Å². The van der Waals surface area contributed by atoms with Crippen LogP contribution in [0.25, 0.3) is 0 Å². The lowest BCUT2D eigenvalue weighted by molar-refractivity contribution is -0.132. The van der Waals surface area contributed by atoms with Crippen molar-refractivity contribution in [3.63, 3.8) is 0 Å². The van der Waals surface area contributed by atoms with Crippen LogP contribution >= 0.6 is 0 Å². The Morgan fingerprint density at radius 1 is 1.50 bits per heavy atom. The highest BCUT2D eigenvalue weighted by Gasteiger charge is 2.23. The number of piperidine rings is 1. The Kier molecular flexibility index (Phi) is 6.19. The van der Waals surface area contributed by atoms with Gasteiger partial charge in [-0.05, 0) is 49.3 Å². The summed E-state index contributed by atoms with van der Waals surface area (Å²) in [5.74, 6) is -0.500. The molecule has 1 aromatic rings. The van der Waals surface area contributed by atoms with Crippen LogP contribution in [0.4, 0.5) is 4.39 Å². The number of halogens is 1. The van der Waals surface area contributed by atoms with E-state index in [0.717, 1.165) is 45.4 Å². The van der Waals surface area contributed by atoms with Crippen LogP contribution in [-0.4, -0.2) is 42.7 Å². The van der Waals surface area contributed by atoms with Gasteiger partial charge in [-0.3, -0.25) is 4.79 Å². The van der Waals surface area contributed by atoms with Gasteiger partial charge in [-0.25, -0.2) is 4.39 Å². The average Bonchev–Trinajstić information content (AvgIpc) is 2.51. The largest absolute Gasteiger partial charge is 0.505 e. The number of ether oxygens (including phenoxy) is 1. The second kappa shape index (κ2) is 8.13. The predicted octanol–water partition coefficient (Wildman–Crippen LogP) is 2.74. The van der Waals surface area contributed by atoms with Gasteiger partial charge in [0.15, 0.2) is 11.6 Å². The summed E-state index contributed by atoms with van der Waals surface area (Å²) in [4.78, 5) is 14.2. The van der Waals surface area contributed by atoms with Gasteiger partial charge in [0.05, 0.1) is 6.42 Å². The van der Waals surface area contributed by atoms with Crippen LogP contribution < -0.4 is 0 Å². The molecule has 0 spiro atoms. The topological polar surface area (TPSA) is 49.8 Å². The molecule has 1 unspecified atom stereocenters. The monoisotopic (exact) mass is 309 g/mol. The first-order valence-electron chi connectivity index (χ1n) is 7.84. The number of rotatable bonds is 6. The molecule has 1 aliphatic rings. The smallest absolute Gasteiger partial charge is 0.227 e. The van der Waals surface area contributed by atoms with E-state index >= 15 is 0 Å². The Balaban J connectivity index is 1.87. The molecule has 0 aromatic heterocycles. The summed E-state index contributed by atoms with van der Waals surface area (Å²) >= 11 is 0. The zero-order chi connectivity index (χ0) is 15.9. The van der Waals surface area contributed by atoms with Gasteiger partial charge in [0.25, 0.3) is 0 Å². The number of likely N-dealkylation sites (tertiary alicyclic amines) is 1. The van der Waals surface area contributed by atoms with E-state index in [-0.39, 0.29) is 18.1 Å². The van der Waals surface area contributed by atoms with E-state index in [2.05, 4.69) is 0 Å². The number of methoxy groups -OCH3 is 1. The molecule has 1 N–H and O–H groups in total. The second-order valence-corrected chi connectivity index (χ2v) is 5.95. The van der Waals surface area contributed by atoms with Crippen LogP contribution in [0.1, 0.15) is 31.2 Å². The molecular formula is C17H24FNO3. The fourth-order valence-corrected chi connectivity index (χ4v) is 2.99. The average molecular weight is 309 g/mol. The van der Waals surface area contributed by atoms with Crippen molar-refractivity contribution in [1.29, 1.82) is 0 Å². The van der Waals surface area contributed by atoms with Gasteiger partial charge in [0, 0.05) is 26.8 Å². The van der Waals surface area contributed by atoms with Crippen LogP contribution in [0.3, 0.4) is 0 Å². The standard InChI is InChI=1S/C17H24FNO3/c1-22-9-3-5-13-4-2-8-19(12-13)17(21)11-14-6-7-16(20)15(18)10-14/h6-7,10,13,20H,2-5,8-9,11-12H2,1H3. The van der Waals surface area contributed by atoms with E-state index in [9.17, 15) is 14.3 Å². The van der Waals surface area contributed by atoms with Gasteiger partial charge in [-0.15, -0.1) is 0 Å². The van der Waals surface area contributed by atoms with Crippen LogP contribution in [0, 0.1) is 11.7 Å². The van der Waals surface area contributed by atoms with Crippen molar-refractivity contribution in [3.8, 4) is 5.75 Å². The number of carbonyl (C=O) groups excluding carboxylic acids is 1. The molecule has 22 heavy (non-hydrogen) atoms. The number of amides is 1. The Morgan fingerprint density at radius 2 is 2.32 bits per heavy atom. The number of phenolic OH excluding ortho intramolecular Hbond substituents is 1. The first kappa shape index (κ1) is 16.7. The van der Waals surface area contributed by atoms with Gasteiger partial charge in [0.1, 0.15) is 0 Å². The van der Waals surface area contributed by atoms with Gasteiger partial charge in [0.2, 0.25) is 5.91 Å². The maximum Gasteiger partial charge on any atom is 0.227 e. The van der Waals surface area contributed by atoms with Crippen molar-refractivity contribution in [3.05, 3.63) is 29.6 Å². The normalized spacial score (nSPS) is 18.5. The van der Waals surface area contributed by atoms with Crippen LogP contribution in [-0.2, 0) is 16.0 Å². The lowest BCUT2D eigenvalue weighted by atomic mass is 9.93. The van der Waals surface area contributed by atoms with E-state index in [1.807, 2.05) is 4.90 Å². The number of nitrogens with zero attached hydrogens (tertiary/aromatic N) is 1. The summed E-state index contributed by atoms with van der Waals surface area (Å²) in [6.45, 7) is 2.32. The van der Waals surface area contributed by atoms with Crippen molar-refractivity contribution in [2.45, 2.75) is 32.1 Å². The van der Waals surface area contributed by atoms with Crippen LogP contribution in [0.5, 0.6) is 5.75 Å². The number of aromatic hydroxyl groups is 1. The molecule has 0 aliphatic carbocycles. The number of benzene rings is 1. The first-order valence-corrected chi connectivity index (χ1v) is 7.84. The Morgan fingerprint density at radius 3 is 3.05 bits per heavy atom. The molecule has 2 rings (SSSR count).